The van der Waals surface area contributed by atoms with E-state index in [0.717, 1.165) is 0 Å². The predicted molar refractivity (Wildman–Crippen MR) is 173 cm³/mol. The molecule has 42 heavy (non-hydrogen) atoms. The zero-order chi connectivity index (χ0) is 27.8. The molecule has 4 heteroatoms. The van der Waals surface area contributed by atoms with Crippen molar-refractivity contribution in [3.05, 3.63) is 107 Å². The van der Waals surface area contributed by atoms with Crippen LogP contribution in [-0.2, 0) is 26.3 Å². The molecule has 0 saturated heterocycles. The zero-order valence-electron chi connectivity index (χ0n) is 25.7. The number of halogens is 2. The van der Waals surface area contributed by atoms with E-state index >= 15 is 0 Å². The minimum atomic E-state index is -2.00. The summed E-state index contributed by atoms with van der Waals surface area (Å²) in [6.07, 6.45) is 6.53. The Hall–Kier alpha value is -1.70. The first-order valence-electron chi connectivity index (χ1n) is 15.4. The minimum absolute atomic E-state index is 0. The van der Waals surface area contributed by atoms with Gasteiger partial charge in [-0.15, -0.1) is 0 Å². The van der Waals surface area contributed by atoms with Crippen LogP contribution in [0.1, 0.15) is 92.6 Å². The van der Waals surface area contributed by atoms with E-state index in [1.807, 2.05) is 8.46 Å². The van der Waals surface area contributed by atoms with E-state index in [1.54, 1.807) is 33.0 Å². The summed E-state index contributed by atoms with van der Waals surface area (Å²) in [7, 11) is 0. The molecule has 4 aromatic carbocycles. The Morgan fingerprint density at radius 3 is 2.21 bits per heavy atom. The Labute approximate surface area is 274 Å². The van der Waals surface area contributed by atoms with Crippen molar-refractivity contribution in [3.8, 4) is 22.3 Å². The van der Waals surface area contributed by atoms with Crippen molar-refractivity contribution in [1.29, 1.82) is 0 Å². The average molecular weight is 688 g/mol. The summed E-state index contributed by atoms with van der Waals surface area (Å²) in [5.41, 5.74) is 14.2. The summed E-state index contributed by atoms with van der Waals surface area (Å²) in [5, 5.41) is 3.60. The van der Waals surface area contributed by atoms with Crippen molar-refractivity contribution < 1.29 is 45.7 Å². The van der Waals surface area contributed by atoms with E-state index in [9.17, 15) is 0 Å². The largest absolute Gasteiger partial charge is 1.00 e. The summed E-state index contributed by atoms with van der Waals surface area (Å²) in [6, 6.07) is 31.2. The fourth-order valence-electron chi connectivity index (χ4n) is 7.85. The maximum Gasteiger partial charge on any atom is -1.00 e. The van der Waals surface area contributed by atoms with Crippen molar-refractivity contribution in [1.82, 2.24) is 0 Å². The molecule has 0 N–H and O–H groups in total. The van der Waals surface area contributed by atoms with E-state index in [4.69, 9.17) is 0 Å². The van der Waals surface area contributed by atoms with Gasteiger partial charge in [-0.1, -0.05) is 0 Å². The van der Waals surface area contributed by atoms with Crippen LogP contribution in [0.2, 0.25) is 0 Å². The fraction of sp³-hybridized carbons (Fsp3) is 0.316. The van der Waals surface area contributed by atoms with Gasteiger partial charge in [0.05, 0.1) is 0 Å². The Morgan fingerprint density at radius 2 is 1.50 bits per heavy atom. The molecule has 4 aromatic rings. The number of rotatable bonds is 6. The molecule has 0 nitrogen and oxygen atoms in total. The summed E-state index contributed by atoms with van der Waals surface area (Å²) in [4.78, 5) is 0. The minimum Gasteiger partial charge on any atom is -1.00 e. The molecule has 2 aliphatic heterocycles. The molecule has 7 rings (SSSR count). The smallest absolute Gasteiger partial charge is 1.00 e. The van der Waals surface area contributed by atoms with Gasteiger partial charge in [0.25, 0.3) is 0 Å². The number of benzene rings is 4. The van der Waals surface area contributed by atoms with Crippen molar-refractivity contribution in [2.75, 3.05) is 0 Å². The quantitative estimate of drug-likeness (QED) is 0.273. The first-order chi connectivity index (χ1) is 19.3. The average Bonchev–Trinajstić information content (AvgIpc) is 3.45. The summed E-state index contributed by atoms with van der Waals surface area (Å²) >= 11 is -2.00. The molecule has 2 heterocycles. The fourth-order valence-corrected chi connectivity index (χ4v) is 34.1. The maximum absolute atomic E-state index is 2.71. The van der Waals surface area contributed by atoms with Crippen LogP contribution < -0.4 is 38.5 Å². The van der Waals surface area contributed by atoms with Gasteiger partial charge in [0, 0.05) is 0 Å². The van der Waals surface area contributed by atoms with Crippen molar-refractivity contribution in [3.63, 3.8) is 0 Å². The van der Waals surface area contributed by atoms with Gasteiger partial charge in [-0.25, -0.2) is 0 Å². The van der Waals surface area contributed by atoms with Gasteiger partial charge < -0.3 is 24.8 Å². The molecule has 0 saturated carbocycles. The van der Waals surface area contributed by atoms with Crippen LogP contribution in [0.3, 0.4) is 0 Å². The van der Waals surface area contributed by atoms with Crippen molar-refractivity contribution in [2.45, 2.75) is 75.8 Å². The third-order valence-corrected chi connectivity index (χ3v) is 31.9. The van der Waals surface area contributed by atoms with Crippen molar-refractivity contribution >= 4 is 25.6 Å². The van der Waals surface area contributed by atoms with Crippen LogP contribution in [0.25, 0.3) is 28.3 Å². The van der Waals surface area contributed by atoms with Crippen molar-refractivity contribution in [2.24, 2.45) is 0 Å². The van der Waals surface area contributed by atoms with Crippen LogP contribution in [0.15, 0.2) is 84.4 Å². The Bertz CT molecular complexity index is 1680. The van der Waals surface area contributed by atoms with E-state index in [1.165, 1.54) is 41.5 Å². The Balaban J connectivity index is 0.00000176. The molecule has 0 radical (unpaired) electrons. The van der Waals surface area contributed by atoms with Gasteiger partial charge >= 0.3 is 251 Å². The van der Waals surface area contributed by atoms with Crippen LogP contribution in [0.5, 0.6) is 0 Å². The SMILES string of the molecule is CCCCC1=Cc2c(ccc(C(C)(C)C)c2-c2ccccc2C(C)C)[CH]1[Zr+2]1[c]2cccc3c2[SiH]1c1ccccc1-3.[Cl-].[Cl-]. The normalized spacial score (nSPS) is 17.5. The first-order valence-corrected chi connectivity index (χ1v) is 24.0. The van der Waals surface area contributed by atoms with Crippen LogP contribution in [0, 0.1) is 0 Å². The molecule has 215 valence electrons. The first kappa shape index (κ1) is 31.7. The number of unbranched alkanes of at least 4 members (excludes halogenated alkanes) is 1. The third kappa shape index (κ3) is 4.81. The van der Waals surface area contributed by atoms with E-state index < -0.39 is 26.8 Å². The topological polar surface area (TPSA) is 0 Å². The maximum atomic E-state index is 2.71. The number of hydrogen-bond donors (Lipinski definition) is 0. The standard InChI is InChI=1S/C26H33.C12H8Si.2ClH.Zr/c1-7-8-11-19-16-20-14-15-24(26(4,5)6)25(23(20)17-19)22-13-10-9-12-21(22)18(2)3;1-3-7-11-9(5-1)10-6-2-4-8-12(10)13-11;;;/h9-10,12-18H,7-8,11H2,1-6H3;1-7,13H;2*1H;/q;;;;+2/p-2. The second kappa shape index (κ2) is 12.0. The molecule has 0 aromatic heterocycles. The summed E-state index contributed by atoms with van der Waals surface area (Å²) in [6.45, 7) is 14.3. The van der Waals surface area contributed by atoms with Gasteiger partial charge in [0.15, 0.2) is 0 Å². The van der Waals surface area contributed by atoms with Gasteiger partial charge in [0.2, 0.25) is 0 Å². The molecule has 0 fully saturated rings. The molecule has 2 atom stereocenters. The Morgan fingerprint density at radius 1 is 0.810 bits per heavy atom. The van der Waals surface area contributed by atoms with Crippen LogP contribution in [0.4, 0.5) is 0 Å². The predicted octanol–water partition coefficient (Wildman–Crippen LogP) is 2.19. The molecule has 3 aliphatic rings. The Kier molecular flexibility index (Phi) is 9.06. The molecular formula is C38H41Cl2SiZr. The van der Waals surface area contributed by atoms with Gasteiger partial charge in [-0.05, 0) is 0 Å². The molecule has 1 aliphatic carbocycles. The molecular weight excluding hydrogens is 647 g/mol. The molecule has 0 amide bonds. The molecule has 2 unspecified atom stereocenters. The number of fused-ring (bicyclic) bond motifs is 4. The number of hydrogen-bond acceptors (Lipinski definition) is 0. The molecule has 0 spiro atoms. The number of allylic oxidation sites excluding steroid dienone is 1. The second-order valence-electron chi connectivity index (χ2n) is 13.5. The van der Waals surface area contributed by atoms with E-state index in [-0.39, 0.29) is 30.2 Å². The molecule has 0 bridgehead atoms. The third-order valence-electron chi connectivity index (χ3n) is 9.66. The van der Waals surface area contributed by atoms with Gasteiger partial charge in [-0.3, -0.25) is 0 Å². The van der Waals surface area contributed by atoms with Crippen LogP contribution in [-0.4, -0.2) is 5.92 Å². The van der Waals surface area contributed by atoms with E-state index in [0.29, 0.717) is 9.54 Å². The monoisotopic (exact) mass is 685 g/mol. The second-order valence-corrected chi connectivity index (χ2v) is 28.5. The van der Waals surface area contributed by atoms with Gasteiger partial charge in [-0.2, -0.15) is 0 Å². The summed E-state index contributed by atoms with van der Waals surface area (Å²) in [5.74, 6) is -0.589. The zero-order valence-corrected chi connectivity index (χ0v) is 30.8. The van der Waals surface area contributed by atoms with Crippen LogP contribution >= 0.6 is 0 Å². The summed E-state index contributed by atoms with van der Waals surface area (Å²) < 4.78 is 2.55. The van der Waals surface area contributed by atoms with Gasteiger partial charge in [0.1, 0.15) is 0 Å². The van der Waals surface area contributed by atoms with E-state index in [2.05, 4.69) is 126 Å².